The molecule has 6 heteroatoms. The Morgan fingerprint density at radius 3 is 3.09 bits per heavy atom. The van der Waals surface area contributed by atoms with Crippen LogP contribution in [0.5, 0.6) is 0 Å². The molecule has 0 aliphatic heterocycles. The van der Waals surface area contributed by atoms with Crippen LogP contribution in [0.1, 0.15) is 23.6 Å². The molecule has 0 saturated heterocycles. The molecular weight excluding hydrogens is 303 g/mol. The highest BCUT2D eigenvalue weighted by Gasteiger charge is 2.41. The monoisotopic (exact) mass is 316 g/mol. The average Bonchev–Trinajstić information content (AvgIpc) is 3.09. The van der Waals surface area contributed by atoms with Crippen LogP contribution in [0.4, 0.5) is 10.2 Å². The maximum atomic E-state index is 14.0. The molecule has 0 radical (unpaired) electrons. The number of nitrogens with zero attached hydrogens (tertiary/aromatic N) is 3. The van der Waals surface area contributed by atoms with Gasteiger partial charge in [0.1, 0.15) is 11.3 Å². The topological polar surface area (TPSA) is 42.2 Å². The van der Waals surface area contributed by atoms with E-state index in [1.165, 1.54) is 6.07 Å². The van der Waals surface area contributed by atoms with Crippen molar-refractivity contribution in [3.63, 3.8) is 0 Å². The van der Waals surface area contributed by atoms with Gasteiger partial charge in [-0.15, -0.1) is 0 Å². The fourth-order valence-electron chi connectivity index (χ4n) is 2.87. The molecule has 1 N–H and O–H groups in total. The summed E-state index contributed by atoms with van der Waals surface area (Å²) in [6.45, 7) is 1.94. The molecule has 3 aromatic rings. The minimum absolute atomic E-state index is 0.0831. The summed E-state index contributed by atoms with van der Waals surface area (Å²) in [5.41, 5.74) is 2.45. The number of rotatable bonds is 3. The van der Waals surface area contributed by atoms with Crippen LogP contribution in [-0.2, 0) is 0 Å². The molecule has 2 unspecified atom stereocenters. The van der Waals surface area contributed by atoms with Crippen LogP contribution in [0, 0.1) is 12.7 Å². The largest absolute Gasteiger partial charge is 0.365 e. The highest BCUT2D eigenvalue weighted by molar-refractivity contribution is 6.31. The van der Waals surface area contributed by atoms with E-state index in [1.807, 2.05) is 19.2 Å². The maximum Gasteiger partial charge on any atom is 0.152 e. The van der Waals surface area contributed by atoms with Crippen LogP contribution in [0.2, 0.25) is 5.02 Å². The number of fused-ring (bicyclic) bond motifs is 1. The Morgan fingerprint density at radius 2 is 2.27 bits per heavy atom. The van der Waals surface area contributed by atoms with Crippen molar-refractivity contribution in [1.82, 2.24) is 14.6 Å². The van der Waals surface area contributed by atoms with E-state index in [-0.39, 0.29) is 17.8 Å². The van der Waals surface area contributed by atoms with Gasteiger partial charge in [-0.3, -0.25) is 0 Å². The molecule has 112 valence electrons. The van der Waals surface area contributed by atoms with Crippen molar-refractivity contribution in [3.05, 3.63) is 58.8 Å². The van der Waals surface area contributed by atoms with Gasteiger partial charge >= 0.3 is 0 Å². The van der Waals surface area contributed by atoms with Crippen molar-refractivity contribution in [2.45, 2.75) is 25.3 Å². The van der Waals surface area contributed by atoms with Gasteiger partial charge in [0.25, 0.3) is 0 Å². The minimum Gasteiger partial charge on any atom is -0.365 e. The summed E-state index contributed by atoms with van der Waals surface area (Å²) in [5.74, 6) is 0.607. The quantitative estimate of drug-likeness (QED) is 0.799. The molecule has 2 heterocycles. The smallest absolute Gasteiger partial charge is 0.152 e. The van der Waals surface area contributed by atoms with Gasteiger partial charge in [-0.25, -0.2) is 13.9 Å². The Labute approximate surface area is 131 Å². The van der Waals surface area contributed by atoms with Crippen LogP contribution in [-0.4, -0.2) is 20.6 Å². The van der Waals surface area contributed by atoms with E-state index in [1.54, 1.807) is 22.8 Å². The average molecular weight is 317 g/mol. The van der Waals surface area contributed by atoms with Gasteiger partial charge in [0.2, 0.25) is 0 Å². The molecule has 1 aliphatic rings. The maximum absolute atomic E-state index is 14.0. The number of anilines is 1. The molecule has 1 aliphatic carbocycles. The summed E-state index contributed by atoms with van der Waals surface area (Å²) >= 11 is 6.13. The molecule has 0 spiro atoms. The third kappa shape index (κ3) is 2.22. The SMILES string of the molecule is Cc1cc2c(NC3CC3c3c(F)cccc3Cl)nccn2n1. The Morgan fingerprint density at radius 1 is 1.41 bits per heavy atom. The molecule has 1 fully saturated rings. The Balaban J connectivity index is 1.61. The predicted octanol–water partition coefficient (Wildman–Crippen LogP) is 3.80. The second-order valence-corrected chi connectivity index (χ2v) is 6.03. The van der Waals surface area contributed by atoms with E-state index >= 15 is 0 Å². The van der Waals surface area contributed by atoms with Crippen LogP contribution in [0.3, 0.4) is 0 Å². The number of benzene rings is 1. The van der Waals surface area contributed by atoms with E-state index < -0.39 is 0 Å². The highest BCUT2D eigenvalue weighted by atomic mass is 35.5. The van der Waals surface area contributed by atoms with E-state index in [2.05, 4.69) is 15.4 Å². The van der Waals surface area contributed by atoms with Gasteiger partial charge in [-0.2, -0.15) is 5.10 Å². The number of aromatic nitrogens is 3. The van der Waals surface area contributed by atoms with Gasteiger partial charge in [0.15, 0.2) is 5.82 Å². The summed E-state index contributed by atoms with van der Waals surface area (Å²) in [4.78, 5) is 4.37. The van der Waals surface area contributed by atoms with E-state index in [0.717, 1.165) is 23.4 Å². The van der Waals surface area contributed by atoms with Crippen molar-refractivity contribution >= 4 is 22.9 Å². The lowest BCUT2D eigenvalue weighted by atomic mass is 10.1. The number of aryl methyl sites for hydroxylation is 1. The third-order valence-corrected chi connectivity index (χ3v) is 4.32. The lowest BCUT2D eigenvalue weighted by Gasteiger charge is -2.08. The zero-order chi connectivity index (χ0) is 15.3. The van der Waals surface area contributed by atoms with Gasteiger partial charge in [0.05, 0.1) is 5.69 Å². The molecule has 4 nitrogen and oxygen atoms in total. The number of hydrogen-bond acceptors (Lipinski definition) is 3. The summed E-state index contributed by atoms with van der Waals surface area (Å²) in [6.07, 6.45) is 4.36. The molecular formula is C16H14ClFN4. The number of hydrogen-bond donors (Lipinski definition) is 1. The van der Waals surface area contributed by atoms with Crippen LogP contribution in [0.25, 0.3) is 5.52 Å². The molecule has 2 aromatic heterocycles. The summed E-state index contributed by atoms with van der Waals surface area (Å²) in [5, 5.41) is 8.23. The van der Waals surface area contributed by atoms with Crippen LogP contribution < -0.4 is 5.32 Å². The van der Waals surface area contributed by atoms with Crippen molar-refractivity contribution < 1.29 is 4.39 Å². The highest BCUT2D eigenvalue weighted by Crippen LogP contribution is 2.46. The van der Waals surface area contributed by atoms with E-state index in [9.17, 15) is 4.39 Å². The second kappa shape index (κ2) is 4.95. The zero-order valence-corrected chi connectivity index (χ0v) is 12.7. The standard InChI is InChI=1S/C16H14ClFN4/c1-9-7-14-16(19-5-6-22(14)21-9)20-13-8-10(13)15-11(17)3-2-4-12(15)18/h2-7,10,13H,8H2,1H3,(H,19,20). The lowest BCUT2D eigenvalue weighted by Crippen LogP contribution is -2.08. The van der Waals surface area contributed by atoms with Gasteiger partial charge in [-0.05, 0) is 31.5 Å². The summed E-state index contributed by atoms with van der Waals surface area (Å²) in [7, 11) is 0. The molecule has 1 aromatic carbocycles. The van der Waals surface area contributed by atoms with E-state index in [4.69, 9.17) is 11.6 Å². The normalized spacial score (nSPS) is 20.3. The summed E-state index contributed by atoms with van der Waals surface area (Å²) in [6, 6.07) is 6.93. The van der Waals surface area contributed by atoms with Crippen molar-refractivity contribution in [2.24, 2.45) is 0 Å². The molecule has 0 bridgehead atoms. The fraction of sp³-hybridized carbons (Fsp3) is 0.250. The summed E-state index contributed by atoms with van der Waals surface area (Å²) < 4.78 is 15.8. The Kier molecular flexibility index (Phi) is 3.04. The number of halogens is 2. The van der Waals surface area contributed by atoms with Crippen molar-refractivity contribution in [2.75, 3.05) is 5.32 Å². The first-order valence-corrected chi connectivity index (χ1v) is 7.53. The fourth-order valence-corrected chi connectivity index (χ4v) is 3.17. The van der Waals surface area contributed by atoms with Gasteiger partial charge in [0, 0.05) is 34.9 Å². The van der Waals surface area contributed by atoms with Gasteiger partial charge in [-0.1, -0.05) is 17.7 Å². The first kappa shape index (κ1) is 13.5. The first-order valence-electron chi connectivity index (χ1n) is 7.15. The predicted molar refractivity (Wildman–Crippen MR) is 83.9 cm³/mol. The van der Waals surface area contributed by atoms with Crippen molar-refractivity contribution in [3.8, 4) is 0 Å². The van der Waals surface area contributed by atoms with E-state index in [0.29, 0.717) is 10.6 Å². The van der Waals surface area contributed by atoms with Crippen LogP contribution in [0.15, 0.2) is 36.7 Å². The Bertz CT molecular complexity index is 840. The Hall–Kier alpha value is -2.14. The van der Waals surface area contributed by atoms with Crippen LogP contribution >= 0.6 is 11.6 Å². The molecule has 4 rings (SSSR count). The lowest BCUT2D eigenvalue weighted by molar-refractivity contribution is 0.610. The molecule has 0 amide bonds. The van der Waals surface area contributed by atoms with Crippen molar-refractivity contribution in [1.29, 1.82) is 0 Å². The van der Waals surface area contributed by atoms with Gasteiger partial charge < -0.3 is 5.32 Å². The first-order chi connectivity index (χ1) is 10.6. The molecule has 1 saturated carbocycles. The second-order valence-electron chi connectivity index (χ2n) is 5.62. The minimum atomic E-state index is -0.242. The zero-order valence-electron chi connectivity index (χ0n) is 11.9. The number of nitrogens with one attached hydrogen (secondary N) is 1. The molecule has 2 atom stereocenters. The molecule has 22 heavy (non-hydrogen) atoms. The third-order valence-electron chi connectivity index (χ3n) is 4.00.